The van der Waals surface area contributed by atoms with Crippen LogP contribution in [0.3, 0.4) is 0 Å². The highest BCUT2D eigenvalue weighted by Gasteiger charge is 2.20. The molecule has 0 N–H and O–H groups in total. The van der Waals surface area contributed by atoms with Gasteiger partial charge < -0.3 is 4.74 Å². The normalized spacial score (nSPS) is 11.5. The summed E-state index contributed by atoms with van der Waals surface area (Å²) in [6.07, 6.45) is -0.134. The van der Waals surface area contributed by atoms with Gasteiger partial charge in [-0.1, -0.05) is 0 Å². The third kappa shape index (κ3) is 5.85. The van der Waals surface area contributed by atoms with Crippen molar-refractivity contribution in [1.82, 2.24) is 0 Å². The number of sulfone groups is 1. The molecule has 0 saturated carbocycles. The van der Waals surface area contributed by atoms with Crippen LogP contribution in [-0.2, 0) is 24.2 Å². The lowest BCUT2D eigenvalue weighted by atomic mass is 10.2. The van der Waals surface area contributed by atoms with Crippen molar-refractivity contribution in [2.24, 2.45) is 0 Å². The predicted molar refractivity (Wildman–Crippen MR) is 59.8 cm³/mol. The molecule has 16 heavy (non-hydrogen) atoms. The molecule has 0 bridgehead atoms. The molecule has 0 radical (unpaired) electrons. The number of ether oxygens (including phenoxy) is 1. The van der Waals surface area contributed by atoms with Gasteiger partial charge in [-0.25, -0.2) is 8.42 Å². The lowest BCUT2D eigenvalue weighted by molar-refractivity contribution is -0.144. The van der Waals surface area contributed by atoms with Gasteiger partial charge in [0.25, 0.3) is 0 Å². The van der Waals surface area contributed by atoms with Gasteiger partial charge >= 0.3 is 5.97 Å². The molecule has 0 aromatic rings. The number of Topliss-reactive ketones (excluding diaryl/α,β-unsaturated/α-hetero) is 1. The van der Waals surface area contributed by atoms with Gasteiger partial charge in [-0.15, -0.1) is 0 Å². The summed E-state index contributed by atoms with van der Waals surface area (Å²) in [5.74, 6) is -1.41. The third-order valence-corrected chi connectivity index (χ3v) is 4.15. The lowest BCUT2D eigenvalue weighted by Crippen LogP contribution is -2.24. The zero-order valence-electron chi connectivity index (χ0n) is 9.86. The Morgan fingerprint density at radius 3 is 2.19 bits per heavy atom. The van der Waals surface area contributed by atoms with Crippen LogP contribution in [-0.4, -0.2) is 37.8 Å². The molecule has 0 rings (SSSR count). The van der Waals surface area contributed by atoms with Crippen molar-refractivity contribution < 1.29 is 22.7 Å². The number of esters is 1. The first-order chi connectivity index (χ1) is 7.29. The minimum atomic E-state index is -3.36. The zero-order valence-corrected chi connectivity index (χ0v) is 10.7. The summed E-state index contributed by atoms with van der Waals surface area (Å²) >= 11 is 0. The molecule has 0 spiro atoms. The van der Waals surface area contributed by atoms with Gasteiger partial charge in [-0.2, -0.15) is 0 Å². The van der Waals surface area contributed by atoms with Crippen molar-refractivity contribution in [2.45, 2.75) is 38.9 Å². The van der Waals surface area contributed by atoms with Crippen LogP contribution in [0.4, 0.5) is 0 Å². The summed E-state index contributed by atoms with van der Waals surface area (Å²) in [5.41, 5.74) is 0. The molecule has 0 amide bonds. The SMILES string of the molecule is CCOC(=O)CCC(=O)CS(=O)(=O)C(C)C. The molecule has 0 fully saturated rings. The summed E-state index contributed by atoms with van der Waals surface area (Å²) < 4.78 is 27.4. The summed E-state index contributed by atoms with van der Waals surface area (Å²) in [6.45, 7) is 4.97. The minimum absolute atomic E-state index is 0.0553. The van der Waals surface area contributed by atoms with Gasteiger partial charge in [-0.05, 0) is 20.8 Å². The fraction of sp³-hybridized carbons (Fsp3) is 0.800. The Kier molecular flexibility index (Phi) is 6.25. The maximum atomic E-state index is 11.4. The number of hydrogen-bond donors (Lipinski definition) is 0. The highest BCUT2D eigenvalue weighted by atomic mass is 32.2. The molecule has 0 heterocycles. The monoisotopic (exact) mass is 250 g/mol. The topological polar surface area (TPSA) is 77.5 Å². The van der Waals surface area contributed by atoms with Crippen molar-refractivity contribution >= 4 is 21.6 Å². The number of ketones is 1. The smallest absolute Gasteiger partial charge is 0.306 e. The molecular formula is C10H18O5S. The summed E-state index contributed by atoms with van der Waals surface area (Å²) in [5, 5.41) is -0.570. The van der Waals surface area contributed by atoms with Gasteiger partial charge in [0.2, 0.25) is 0 Å². The average molecular weight is 250 g/mol. The molecule has 94 valence electrons. The van der Waals surface area contributed by atoms with E-state index < -0.39 is 32.6 Å². The van der Waals surface area contributed by atoms with Crippen LogP contribution >= 0.6 is 0 Å². The molecule has 0 aliphatic carbocycles. The fourth-order valence-corrected chi connectivity index (χ4v) is 1.86. The standard InChI is InChI=1S/C10H18O5S/c1-4-15-10(12)6-5-9(11)7-16(13,14)8(2)3/h8H,4-7H2,1-3H3. The highest BCUT2D eigenvalue weighted by Crippen LogP contribution is 2.04. The molecular weight excluding hydrogens is 232 g/mol. The van der Waals surface area contributed by atoms with Crippen molar-refractivity contribution in [3.63, 3.8) is 0 Å². The second-order valence-corrected chi connectivity index (χ2v) is 6.26. The van der Waals surface area contributed by atoms with E-state index in [1.54, 1.807) is 6.92 Å². The van der Waals surface area contributed by atoms with Gasteiger partial charge in [0.05, 0.1) is 18.3 Å². The van der Waals surface area contributed by atoms with E-state index in [-0.39, 0.29) is 19.4 Å². The van der Waals surface area contributed by atoms with Crippen LogP contribution in [0, 0.1) is 0 Å². The Labute approximate surface area is 96.1 Å². The van der Waals surface area contributed by atoms with Crippen molar-refractivity contribution in [2.75, 3.05) is 12.4 Å². The Bertz CT molecular complexity index is 342. The van der Waals surface area contributed by atoms with Crippen molar-refractivity contribution in [3.05, 3.63) is 0 Å². The fourth-order valence-electron chi connectivity index (χ4n) is 0.938. The first-order valence-electron chi connectivity index (χ1n) is 5.18. The largest absolute Gasteiger partial charge is 0.466 e. The molecule has 0 unspecified atom stereocenters. The number of carbonyl (C=O) groups is 2. The Morgan fingerprint density at radius 2 is 1.75 bits per heavy atom. The maximum Gasteiger partial charge on any atom is 0.306 e. The quantitative estimate of drug-likeness (QED) is 0.622. The van der Waals surface area contributed by atoms with Crippen molar-refractivity contribution in [3.8, 4) is 0 Å². The van der Waals surface area contributed by atoms with Crippen LogP contribution < -0.4 is 0 Å². The summed E-state index contributed by atoms with van der Waals surface area (Å²) in [6, 6.07) is 0. The molecule has 5 nitrogen and oxygen atoms in total. The van der Waals surface area contributed by atoms with Gasteiger partial charge in [0.15, 0.2) is 9.84 Å². The van der Waals surface area contributed by atoms with Gasteiger partial charge in [-0.3, -0.25) is 9.59 Å². The Morgan fingerprint density at radius 1 is 1.19 bits per heavy atom. The highest BCUT2D eigenvalue weighted by molar-refractivity contribution is 7.92. The van der Waals surface area contributed by atoms with E-state index in [1.165, 1.54) is 13.8 Å². The Balaban J connectivity index is 4.06. The number of rotatable bonds is 7. The van der Waals surface area contributed by atoms with E-state index in [2.05, 4.69) is 4.74 Å². The number of hydrogen-bond acceptors (Lipinski definition) is 5. The lowest BCUT2D eigenvalue weighted by Gasteiger charge is -2.06. The molecule has 0 aliphatic rings. The first-order valence-corrected chi connectivity index (χ1v) is 6.90. The molecule has 0 aromatic carbocycles. The Hall–Kier alpha value is -0.910. The molecule has 0 atom stereocenters. The van der Waals surface area contributed by atoms with E-state index >= 15 is 0 Å². The van der Waals surface area contributed by atoms with Gasteiger partial charge in [0, 0.05) is 6.42 Å². The minimum Gasteiger partial charge on any atom is -0.466 e. The zero-order chi connectivity index (χ0) is 12.8. The van der Waals surface area contributed by atoms with Crippen LogP contribution in [0.1, 0.15) is 33.6 Å². The van der Waals surface area contributed by atoms with Crippen LogP contribution in [0.25, 0.3) is 0 Å². The average Bonchev–Trinajstić information content (AvgIpc) is 2.14. The maximum absolute atomic E-state index is 11.4. The van der Waals surface area contributed by atoms with Crippen molar-refractivity contribution in [1.29, 1.82) is 0 Å². The van der Waals surface area contributed by atoms with Crippen LogP contribution in [0.15, 0.2) is 0 Å². The molecule has 0 saturated heterocycles. The predicted octanol–water partition coefficient (Wildman–Crippen LogP) is 0.722. The summed E-state index contributed by atoms with van der Waals surface area (Å²) in [7, 11) is -3.36. The second-order valence-electron chi connectivity index (χ2n) is 3.70. The molecule has 0 aliphatic heterocycles. The van der Waals surface area contributed by atoms with Crippen LogP contribution in [0.5, 0.6) is 0 Å². The van der Waals surface area contributed by atoms with Gasteiger partial charge in [0.1, 0.15) is 11.5 Å². The van der Waals surface area contributed by atoms with E-state index in [0.29, 0.717) is 0 Å². The molecule has 0 aromatic heterocycles. The van der Waals surface area contributed by atoms with E-state index in [4.69, 9.17) is 0 Å². The first kappa shape index (κ1) is 15.1. The molecule has 6 heteroatoms. The van der Waals surface area contributed by atoms with Crippen LogP contribution in [0.2, 0.25) is 0 Å². The van der Waals surface area contributed by atoms with E-state index in [0.717, 1.165) is 0 Å². The third-order valence-electron chi connectivity index (χ3n) is 1.99. The second kappa shape index (κ2) is 6.62. The number of carbonyl (C=O) groups excluding carboxylic acids is 2. The summed E-state index contributed by atoms with van der Waals surface area (Å²) in [4.78, 5) is 22.2. The van der Waals surface area contributed by atoms with E-state index in [1.807, 2.05) is 0 Å². The van der Waals surface area contributed by atoms with E-state index in [9.17, 15) is 18.0 Å².